The second-order valence-electron chi connectivity index (χ2n) is 17.3. The van der Waals surface area contributed by atoms with Gasteiger partial charge in [-0.05, 0) is 123 Å². The highest BCUT2D eigenvalue weighted by Gasteiger charge is 2.31. The molecule has 13 aromatic rings. The minimum Gasteiger partial charge on any atom is -0.454 e. The third kappa shape index (κ3) is 5.17. The molecule has 300 valence electrons. The van der Waals surface area contributed by atoms with Crippen molar-refractivity contribution in [3.8, 4) is 0 Å². The molecule has 0 N–H and O–H groups in total. The van der Waals surface area contributed by atoms with Crippen molar-refractivity contribution < 1.29 is 8.83 Å². The first-order chi connectivity index (χ1) is 30.9. The zero-order valence-electron chi connectivity index (χ0n) is 35.4. The first-order valence-electron chi connectivity index (χ1n) is 21.7. The summed E-state index contributed by atoms with van der Waals surface area (Å²) in [7, 11) is 0. The van der Waals surface area contributed by atoms with E-state index in [0.29, 0.717) is 0 Å². The second-order valence-corrected chi connectivity index (χ2v) is 17.3. The maximum atomic E-state index is 7.09. The molecule has 0 atom stereocenters. The molecule has 0 unspecified atom stereocenters. The number of furan rings is 2. The number of benzene rings is 9. The van der Waals surface area contributed by atoms with Gasteiger partial charge in [-0.25, -0.2) is 0 Å². The van der Waals surface area contributed by atoms with Crippen LogP contribution < -0.4 is 9.80 Å². The van der Waals surface area contributed by atoms with Crippen LogP contribution in [0.1, 0.15) is 22.3 Å². The molecule has 4 heterocycles. The van der Waals surface area contributed by atoms with Gasteiger partial charge in [0.25, 0.3) is 0 Å². The highest BCUT2D eigenvalue weighted by Crippen LogP contribution is 2.54. The molecule has 9 aromatic carbocycles. The van der Waals surface area contributed by atoms with Gasteiger partial charge in [0.2, 0.25) is 0 Å². The molecular weight excluding hydrogens is 771 g/mol. The standard InChI is InChI=1S/C58H41N3O2/c1-34-26-35(2)29-40(28-34)59(38-16-7-5-8-17-38)48-32-46-42-20-11-13-24-50(42)62-57(46)55-52(48)44-22-15-23-45-53-49(60(39-18-9-6-10-19-39)41-30-36(3)27-37(4)31-41)33-47-43-21-12-14-25-51(43)63-58(47)56(53)61(55)54(44)45/h5-33H,1-4H3. The predicted octanol–water partition coefficient (Wildman–Crippen LogP) is 16.8. The zero-order valence-corrected chi connectivity index (χ0v) is 35.4. The Hall–Kier alpha value is -8.02. The van der Waals surface area contributed by atoms with Gasteiger partial charge in [-0.3, -0.25) is 0 Å². The number of aromatic nitrogens is 1. The molecule has 0 bridgehead atoms. The summed E-state index contributed by atoms with van der Waals surface area (Å²) in [5.41, 5.74) is 18.0. The number of anilines is 6. The summed E-state index contributed by atoms with van der Waals surface area (Å²) in [6.07, 6.45) is 0. The van der Waals surface area contributed by atoms with E-state index in [1.165, 1.54) is 22.3 Å². The van der Waals surface area contributed by atoms with E-state index in [0.717, 1.165) is 116 Å². The molecule has 0 amide bonds. The van der Waals surface area contributed by atoms with Crippen molar-refractivity contribution in [3.05, 3.63) is 198 Å². The number of para-hydroxylation sites is 5. The number of fused-ring (bicyclic) bond motifs is 14. The SMILES string of the molecule is Cc1cc(C)cc(N(c2ccccc2)c2cc3c4ccccc4oc3c3c2c2cccc4c5c(N(c6ccccc6)c6cc(C)cc(C)c6)cc6c7ccccc7oc6c5n3c24)c1. The van der Waals surface area contributed by atoms with E-state index < -0.39 is 0 Å². The van der Waals surface area contributed by atoms with Crippen molar-refractivity contribution >= 4 is 116 Å². The maximum absolute atomic E-state index is 7.09. The molecule has 0 aliphatic rings. The fourth-order valence-electron chi connectivity index (χ4n) is 10.7. The van der Waals surface area contributed by atoms with E-state index in [2.05, 4.69) is 218 Å². The lowest BCUT2D eigenvalue weighted by Crippen LogP contribution is -2.11. The molecule has 0 saturated heterocycles. The predicted molar refractivity (Wildman–Crippen MR) is 264 cm³/mol. The van der Waals surface area contributed by atoms with Crippen molar-refractivity contribution in [1.29, 1.82) is 0 Å². The number of hydrogen-bond acceptors (Lipinski definition) is 4. The Labute approximate surface area is 363 Å². The highest BCUT2D eigenvalue weighted by molar-refractivity contribution is 6.36. The van der Waals surface area contributed by atoms with Crippen LogP contribution in [0.15, 0.2) is 185 Å². The summed E-state index contributed by atoms with van der Waals surface area (Å²) in [5, 5.41) is 8.81. The Bertz CT molecular complexity index is 3670. The van der Waals surface area contributed by atoms with Crippen molar-refractivity contribution in [2.75, 3.05) is 9.80 Å². The minimum atomic E-state index is 0.849. The van der Waals surface area contributed by atoms with Crippen LogP contribution in [0.4, 0.5) is 34.1 Å². The molecule has 0 radical (unpaired) electrons. The number of rotatable bonds is 6. The van der Waals surface area contributed by atoms with Gasteiger partial charge < -0.3 is 23.0 Å². The fourth-order valence-corrected chi connectivity index (χ4v) is 10.7. The van der Waals surface area contributed by atoms with Gasteiger partial charge in [0.1, 0.15) is 22.2 Å². The van der Waals surface area contributed by atoms with Crippen LogP contribution >= 0.6 is 0 Å². The molecule has 13 rings (SSSR count). The quantitative estimate of drug-likeness (QED) is 0.168. The zero-order chi connectivity index (χ0) is 42.1. The van der Waals surface area contributed by atoms with Crippen LogP contribution in [-0.2, 0) is 0 Å². The highest BCUT2D eigenvalue weighted by atomic mass is 16.3. The van der Waals surface area contributed by atoms with Gasteiger partial charge in [-0.15, -0.1) is 0 Å². The third-order valence-electron chi connectivity index (χ3n) is 12.9. The van der Waals surface area contributed by atoms with E-state index in [9.17, 15) is 0 Å². The van der Waals surface area contributed by atoms with E-state index in [4.69, 9.17) is 8.83 Å². The Morgan fingerprint density at radius 3 is 1.14 bits per heavy atom. The van der Waals surface area contributed by atoms with Crippen LogP contribution in [0, 0.1) is 27.7 Å². The van der Waals surface area contributed by atoms with Crippen molar-refractivity contribution in [3.63, 3.8) is 0 Å². The number of aryl methyl sites for hydroxylation is 4. The van der Waals surface area contributed by atoms with E-state index >= 15 is 0 Å². The van der Waals surface area contributed by atoms with Gasteiger partial charge in [0.15, 0.2) is 11.2 Å². The average molecular weight is 812 g/mol. The van der Waals surface area contributed by atoms with Gasteiger partial charge in [-0.2, -0.15) is 0 Å². The fraction of sp³-hybridized carbons (Fsp3) is 0.0690. The lowest BCUT2D eigenvalue weighted by molar-refractivity contribution is 0.670. The second kappa shape index (κ2) is 13.2. The van der Waals surface area contributed by atoms with Crippen LogP contribution in [0.3, 0.4) is 0 Å². The molecule has 0 spiro atoms. The van der Waals surface area contributed by atoms with E-state index in [-0.39, 0.29) is 0 Å². The van der Waals surface area contributed by atoms with Gasteiger partial charge in [-0.1, -0.05) is 103 Å². The van der Waals surface area contributed by atoms with Crippen LogP contribution in [0.25, 0.3) is 82.0 Å². The molecule has 63 heavy (non-hydrogen) atoms. The first kappa shape index (κ1) is 35.7. The van der Waals surface area contributed by atoms with Crippen LogP contribution in [-0.4, -0.2) is 4.40 Å². The molecule has 0 aliphatic heterocycles. The molecule has 5 nitrogen and oxygen atoms in total. The van der Waals surface area contributed by atoms with Crippen molar-refractivity contribution in [2.24, 2.45) is 0 Å². The molecule has 0 fully saturated rings. The molecular formula is C58H41N3O2. The summed E-state index contributed by atoms with van der Waals surface area (Å²) in [6.45, 7) is 8.73. The first-order valence-corrected chi connectivity index (χ1v) is 21.7. The Kier molecular flexibility index (Phi) is 7.50. The largest absolute Gasteiger partial charge is 0.454 e. The lowest BCUT2D eigenvalue weighted by Gasteiger charge is -2.28. The number of nitrogens with zero attached hydrogens (tertiary/aromatic N) is 3. The van der Waals surface area contributed by atoms with Crippen molar-refractivity contribution in [2.45, 2.75) is 27.7 Å². The third-order valence-corrected chi connectivity index (χ3v) is 12.9. The number of hydrogen-bond donors (Lipinski definition) is 0. The molecule has 4 aromatic heterocycles. The Morgan fingerprint density at radius 1 is 0.333 bits per heavy atom. The lowest BCUT2D eigenvalue weighted by atomic mass is 10.00. The summed E-state index contributed by atoms with van der Waals surface area (Å²) in [4.78, 5) is 4.87. The average Bonchev–Trinajstić information content (AvgIpc) is 4.04. The molecule has 5 heteroatoms. The summed E-state index contributed by atoms with van der Waals surface area (Å²) < 4.78 is 16.7. The molecule has 0 saturated carbocycles. The van der Waals surface area contributed by atoms with Crippen LogP contribution in [0.5, 0.6) is 0 Å². The smallest absolute Gasteiger partial charge is 0.160 e. The summed E-state index contributed by atoms with van der Waals surface area (Å²) in [5.74, 6) is 0. The van der Waals surface area contributed by atoms with E-state index in [1.807, 2.05) is 0 Å². The normalized spacial score (nSPS) is 12.1. The maximum Gasteiger partial charge on any atom is 0.160 e. The Morgan fingerprint density at radius 2 is 0.714 bits per heavy atom. The van der Waals surface area contributed by atoms with Gasteiger partial charge in [0, 0.05) is 65.8 Å². The summed E-state index contributed by atoms with van der Waals surface area (Å²) in [6, 6.07) is 63.6. The molecule has 0 aliphatic carbocycles. The Balaban J connectivity index is 1.28. The topological polar surface area (TPSA) is 37.2 Å². The minimum absolute atomic E-state index is 0.849. The van der Waals surface area contributed by atoms with Gasteiger partial charge >= 0.3 is 0 Å². The van der Waals surface area contributed by atoms with Gasteiger partial charge in [0.05, 0.1) is 16.9 Å². The van der Waals surface area contributed by atoms with Crippen LogP contribution in [0.2, 0.25) is 0 Å². The van der Waals surface area contributed by atoms with E-state index in [1.54, 1.807) is 0 Å². The summed E-state index contributed by atoms with van der Waals surface area (Å²) >= 11 is 0. The van der Waals surface area contributed by atoms with Crippen molar-refractivity contribution in [1.82, 2.24) is 4.40 Å². The monoisotopic (exact) mass is 811 g/mol.